The number of piperidine rings is 1. The zero-order chi connectivity index (χ0) is 16.5. The fourth-order valence-corrected chi connectivity index (χ4v) is 3.17. The number of aryl methyl sites for hydroxylation is 1. The van der Waals surface area contributed by atoms with Gasteiger partial charge >= 0.3 is 0 Å². The zero-order valence-electron chi connectivity index (χ0n) is 13.7. The van der Waals surface area contributed by atoms with Crippen molar-refractivity contribution in [1.29, 1.82) is 0 Å². The first-order valence-corrected chi connectivity index (χ1v) is 8.34. The van der Waals surface area contributed by atoms with E-state index in [1.807, 2.05) is 42.2 Å². The van der Waals surface area contributed by atoms with Crippen LogP contribution in [0.15, 0.2) is 40.9 Å². The molecule has 0 bridgehead atoms. The summed E-state index contributed by atoms with van der Waals surface area (Å²) in [5.41, 5.74) is 3.80. The number of aromatic nitrogens is 2. The Morgan fingerprint density at radius 3 is 2.79 bits per heavy atom. The van der Waals surface area contributed by atoms with Crippen molar-refractivity contribution in [2.45, 2.75) is 26.2 Å². The summed E-state index contributed by atoms with van der Waals surface area (Å²) in [5.74, 6) is 0.622. The van der Waals surface area contributed by atoms with E-state index in [1.54, 1.807) is 6.20 Å². The number of amides is 1. The van der Waals surface area contributed by atoms with Crippen molar-refractivity contribution < 1.29 is 9.21 Å². The fraction of sp³-hybridized carbons (Fsp3) is 0.316. The first-order valence-electron chi connectivity index (χ1n) is 8.34. The molecule has 122 valence electrons. The van der Waals surface area contributed by atoms with Gasteiger partial charge in [0.05, 0.1) is 5.56 Å². The Balaban J connectivity index is 1.68. The van der Waals surface area contributed by atoms with Crippen molar-refractivity contribution in [3.8, 4) is 11.5 Å². The highest BCUT2D eigenvalue weighted by Gasteiger charge is 2.19. The van der Waals surface area contributed by atoms with Crippen LogP contribution in [0.1, 0.15) is 35.3 Å². The lowest BCUT2D eigenvalue weighted by atomic mass is 10.1. The monoisotopic (exact) mass is 321 g/mol. The van der Waals surface area contributed by atoms with Gasteiger partial charge in [-0.3, -0.25) is 9.78 Å². The Kier molecular flexibility index (Phi) is 3.76. The van der Waals surface area contributed by atoms with Crippen LogP contribution in [0.5, 0.6) is 0 Å². The van der Waals surface area contributed by atoms with Crippen molar-refractivity contribution in [3.05, 3.63) is 47.8 Å². The number of hydrogen-bond donors (Lipinski definition) is 0. The molecule has 0 radical (unpaired) electrons. The van der Waals surface area contributed by atoms with E-state index in [0.29, 0.717) is 22.6 Å². The maximum absolute atomic E-state index is 12.6. The molecule has 1 aliphatic heterocycles. The van der Waals surface area contributed by atoms with Crippen molar-refractivity contribution in [3.63, 3.8) is 0 Å². The summed E-state index contributed by atoms with van der Waals surface area (Å²) in [6.07, 6.45) is 5.13. The second-order valence-corrected chi connectivity index (χ2v) is 6.19. The Morgan fingerprint density at radius 1 is 1.17 bits per heavy atom. The molecule has 5 heteroatoms. The van der Waals surface area contributed by atoms with E-state index in [-0.39, 0.29) is 5.91 Å². The van der Waals surface area contributed by atoms with Crippen LogP contribution in [-0.2, 0) is 0 Å². The molecule has 3 aromatic rings. The fourth-order valence-electron chi connectivity index (χ4n) is 3.17. The lowest BCUT2D eigenvalue weighted by Gasteiger charge is -2.26. The summed E-state index contributed by atoms with van der Waals surface area (Å²) >= 11 is 0. The van der Waals surface area contributed by atoms with E-state index in [0.717, 1.165) is 37.2 Å². The van der Waals surface area contributed by atoms with E-state index in [1.165, 1.54) is 6.42 Å². The third-order valence-corrected chi connectivity index (χ3v) is 4.52. The number of likely N-dealkylation sites (tertiary alicyclic amines) is 1. The Bertz CT molecular complexity index is 895. The first kappa shape index (κ1) is 14.9. The maximum Gasteiger partial charge on any atom is 0.253 e. The molecule has 1 aliphatic rings. The average molecular weight is 321 g/mol. The molecule has 3 heterocycles. The predicted molar refractivity (Wildman–Crippen MR) is 91.7 cm³/mol. The van der Waals surface area contributed by atoms with E-state index in [9.17, 15) is 4.79 Å². The molecular weight excluding hydrogens is 302 g/mol. The third kappa shape index (κ3) is 2.66. The van der Waals surface area contributed by atoms with Crippen molar-refractivity contribution >= 4 is 17.0 Å². The van der Waals surface area contributed by atoms with Gasteiger partial charge in [-0.1, -0.05) is 0 Å². The number of nitrogens with zero attached hydrogens (tertiary/aromatic N) is 3. The SMILES string of the molecule is Cc1ncccc1-c1nc2cc(C(=O)N3CCCCC3)ccc2o1. The maximum atomic E-state index is 12.6. The van der Waals surface area contributed by atoms with Crippen LogP contribution in [0.25, 0.3) is 22.6 Å². The standard InChI is InChI=1S/C19H19N3O2/c1-13-15(6-5-9-20-13)18-21-16-12-14(7-8-17(16)24-18)19(23)22-10-3-2-4-11-22/h5-9,12H,2-4,10-11H2,1H3. The highest BCUT2D eigenvalue weighted by molar-refractivity contribution is 5.97. The number of carbonyl (C=O) groups is 1. The Hall–Kier alpha value is -2.69. The quantitative estimate of drug-likeness (QED) is 0.720. The van der Waals surface area contributed by atoms with Gasteiger partial charge in [-0.05, 0) is 56.5 Å². The van der Waals surface area contributed by atoms with Crippen molar-refractivity contribution in [2.75, 3.05) is 13.1 Å². The highest BCUT2D eigenvalue weighted by Crippen LogP contribution is 2.26. The molecule has 0 aliphatic carbocycles. The molecule has 2 aromatic heterocycles. The molecule has 0 saturated carbocycles. The van der Waals surface area contributed by atoms with Crippen LogP contribution in [0.2, 0.25) is 0 Å². The predicted octanol–water partition coefficient (Wildman–Crippen LogP) is 3.82. The zero-order valence-corrected chi connectivity index (χ0v) is 13.7. The van der Waals surface area contributed by atoms with Gasteiger partial charge in [0.15, 0.2) is 5.58 Å². The largest absolute Gasteiger partial charge is 0.436 e. The molecule has 24 heavy (non-hydrogen) atoms. The van der Waals surface area contributed by atoms with Crippen LogP contribution in [-0.4, -0.2) is 33.9 Å². The van der Waals surface area contributed by atoms with Gasteiger partial charge < -0.3 is 9.32 Å². The summed E-state index contributed by atoms with van der Waals surface area (Å²) in [6, 6.07) is 9.28. The average Bonchev–Trinajstić information content (AvgIpc) is 3.05. The van der Waals surface area contributed by atoms with Gasteiger partial charge in [0.1, 0.15) is 5.52 Å². The molecule has 1 aromatic carbocycles. The van der Waals surface area contributed by atoms with E-state index in [2.05, 4.69) is 9.97 Å². The molecule has 0 spiro atoms. The number of pyridine rings is 1. The van der Waals surface area contributed by atoms with Crippen LogP contribution in [0.3, 0.4) is 0 Å². The van der Waals surface area contributed by atoms with E-state index >= 15 is 0 Å². The number of rotatable bonds is 2. The second kappa shape index (κ2) is 6.07. The summed E-state index contributed by atoms with van der Waals surface area (Å²) in [7, 11) is 0. The van der Waals surface area contributed by atoms with Crippen LogP contribution < -0.4 is 0 Å². The summed E-state index contributed by atoms with van der Waals surface area (Å²) in [4.78, 5) is 23.4. The molecule has 1 fully saturated rings. The third-order valence-electron chi connectivity index (χ3n) is 4.52. The molecule has 0 atom stereocenters. The Labute approximate surface area is 140 Å². The van der Waals surface area contributed by atoms with Crippen LogP contribution in [0, 0.1) is 6.92 Å². The lowest BCUT2D eigenvalue weighted by molar-refractivity contribution is 0.0724. The van der Waals surface area contributed by atoms with E-state index in [4.69, 9.17) is 4.42 Å². The molecular formula is C19H19N3O2. The number of carbonyl (C=O) groups excluding carboxylic acids is 1. The van der Waals surface area contributed by atoms with E-state index < -0.39 is 0 Å². The highest BCUT2D eigenvalue weighted by atomic mass is 16.3. The first-order chi connectivity index (χ1) is 11.7. The molecule has 1 amide bonds. The number of hydrogen-bond acceptors (Lipinski definition) is 4. The lowest BCUT2D eigenvalue weighted by Crippen LogP contribution is -2.35. The minimum absolute atomic E-state index is 0.0821. The van der Waals surface area contributed by atoms with Gasteiger partial charge in [0, 0.05) is 30.5 Å². The van der Waals surface area contributed by atoms with Gasteiger partial charge in [0.25, 0.3) is 5.91 Å². The van der Waals surface area contributed by atoms with Gasteiger partial charge in [-0.2, -0.15) is 0 Å². The molecule has 0 unspecified atom stereocenters. The Morgan fingerprint density at radius 2 is 2.00 bits per heavy atom. The summed E-state index contributed by atoms with van der Waals surface area (Å²) in [5, 5.41) is 0. The van der Waals surface area contributed by atoms with Crippen molar-refractivity contribution in [1.82, 2.24) is 14.9 Å². The summed E-state index contributed by atoms with van der Waals surface area (Å²) in [6.45, 7) is 3.61. The summed E-state index contributed by atoms with van der Waals surface area (Å²) < 4.78 is 5.84. The minimum Gasteiger partial charge on any atom is -0.436 e. The topological polar surface area (TPSA) is 59.2 Å². The smallest absolute Gasteiger partial charge is 0.253 e. The minimum atomic E-state index is 0.0821. The van der Waals surface area contributed by atoms with Crippen molar-refractivity contribution in [2.24, 2.45) is 0 Å². The molecule has 5 nitrogen and oxygen atoms in total. The normalized spacial score (nSPS) is 15.0. The van der Waals surface area contributed by atoms with Gasteiger partial charge in [-0.25, -0.2) is 4.98 Å². The molecule has 1 saturated heterocycles. The molecule has 0 N–H and O–H groups in total. The van der Waals surface area contributed by atoms with Gasteiger partial charge in [0.2, 0.25) is 5.89 Å². The molecule has 4 rings (SSSR count). The van der Waals surface area contributed by atoms with Crippen LogP contribution >= 0.6 is 0 Å². The number of fused-ring (bicyclic) bond motifs is 1. The second-order valence-electron chi connectivity index (χ2n) is 6.19. The van der Waals surface area contributed by atoms with Gasteiger partial charge in [-0.15, -0.1) is 0 Å². The van der Waals surface area contributed by atoms with Crippen LogP contribution in [0.4, 0.5) is 0 Å². The number of benzene rings is 1. The number of oxazole rings is 1.